The number of aliphatic hydroxyl groups excluding tert-OH is 1. The Morgan fingerprint density at radius 1 is 0.892 bits per heavy atom. The summed E-state index contributed by atoms with van der Waals surface area (Å²) in [4.78, 5) is 13.6. The Labute approximate surface area is 205 Å². The van der Waals surface area contributed by atoms with Crippen LogP contribution in [0.3, 0.4) is 0 Å². The number of carbonyl (C=O) groups is 1. The molecule has 1 amide bonds. The summed E-state index contributed by atoms with van der Waals surface area (Å²) in [6, 6.07) is 2.42. The van der Waals surface area contributed by atoms with Gasteiger partial charge >= 0.3 is 24.6 Å². The Hall–Kier alpha value is -2.96. The zero-order valence-corrected chi connectivity index (χ0v) is 19.4. The number of ether oxygens (including phenoxy) is 1. The lowest BCUT2D eigenvalue weighted by atomic mass is 9.85. The molecule has 0 fully saturated rings. The van der Waals surface area contributed by atoms with Crippen molar-refractivity contribution in [1.82, 2.24) is 0 Å². The summed E-state index contributed by atoms with van der Waals surface area (Å²) in [7, 11) is 0. The normalized spacial score (nSPS) is 19.1. The van der Waals surface area contributed by atoms with E-state index >= 15 is 0 Å². The highest BCUT2D eigenvalue weighted by molar-refractivity contribution is 5.92. The fourth-order valence-electron chi connectivity index (χ4n) is 4.53. The lowest BCUT2D eigenvalue weighted by Gasteiger charge is -2.28. The minimum Gasteiger partial charge on any atom is -0.449 e. The molecule has 1 N–H and O–H groups in total. The number of aliphatic hydroxyl groups is 1. The summed E-state index contributed by atoms with van der Waals surface area (Å²) < 4.78 is 125. The number of amides is 1. The minimum absolute atomic E-state index is 0.0723. The lowest BCUT2D eigenvalue weighted by Crippen LogP contribution is -2.39. The van der Waals surface area contributed by atoms with Crippen LogP contribution in [0, 0.1) is 0 Å². The largest absolute Gasteiger partial charge is 0.449 e. The Balaban J connectivity index is 2.08. The molecule has 0 spiro atoms. The van der Waals surface area contributed by atoms with Crippen LogP contribution in [-0.2, 0) is 23.3 Å². The average molecular weight is 543 g/mol. The SMILES string of the molecule is CCOC(=O)N1c2cc(C(F)(F)F)ccc2C(C[C@@H](O)c2cc(C(F)(F)F)cc(C(F)(F)F)c2)[C@H]1CC. The van der Waals surface area contributed by atoms with Crippen molar-refractivity contribution in [2.24, 2.45) is 0 Å². The molecule has 2 aromatic carbocycles. The van der Waals surface area contributed by atoms with Crippen molar-refractivity contribution < 1.29 is 54.2 Å². The van der Waals surface area contributed by atoms with E-state index in [4.69, 9.17) is 4.74 Å². The number of hydrogen-bond acceptors (Lipinski definition) is 3. The van der Waals surface area contributed by atoms with Gasteiger partial charge in [0.2, 0.25) is 0 Å². The first-order valence-corrected chi connectivity index (χ1v) is 11.1. The van der Waals surface area contributed by atoms with Crippen molar-refractivity contribution in [3.63, 3.8) is 0 Å². The molecule has 0 bridgehead atoms. The second kappa shape index (κ2) is 10.1. The third-order valence-corrected chi connectivity index (χ3v) is 6.17. The van der Waals surface area contributed by atoms with Crippen LogP contribution in [0.1, 0.15) is 66.5 Å². The molecule has 1 unspecified atom stereocenters. The number of halogens is 9. The second-order valence-electron chi connectivity index (χ2n) is 8.51. The van der Waals surface area contributed by atoms with Crippen molar-refractivity contribution in [2.45, 2.75) is 63.3 Å². The zero-order chi connectivity index (χ0) is 27.9. The van der Waals surface area contributed by atoms with Gasteiger partial charge in [-0.1, -0.05) is 13.0 Å². The van der Waals surface area contributed by atoms with Crippen LogP contribution in [0.25, 0.3) is 0 Å². The number of carbonyl (C=O) groups excluding carboxylic acids is 1. The van der Waals surface area contributed by atoms with Crippen molar-refractivity contribution >= 4 is 11.8 Å². The van der Waals surface area contributed by atoms with E-state index in [-0.39, 0.29) is 30.3 Å². The fraction of sp³-hybridized carbons (Fsp3) is 0.458. The molecule has 4 nitrogen and oxygen atoms in total. The maximum atomic E-state index is 13.4. The van der Waals surface area contributed by atoms with E-state index in [1.165, 1.54) is 6.92 Å². The summed E-state index contributed by atoms with van der Waals surface area (Å²) in [6.07, 6.45) is -18.2. The molecule has 3 rings (SSSR count). The van der Waals surface area contributed by atoms with Gasteiger partial charge in [-0.25, -0.2) is 4.79 Å². The zero-order valence-electron chi connectivity index (χ0n) is 19.4. The van der Waals surface area contributed by atoms with Crippen molar-refractivity contribution in [3.8, 4) is 0 Å². The maximum Gasteiger partial charge on any atom is 0.416 e. The molecule has 204 valence electrons. The van der Waals surface area contributed by atoms with E-state index in [0.29, 0.717) is 12.1 Å². The first-order chi connectivity index (χ1) is 17.0. The quantitative estimate of drug-likeness (QED) is 0.393. The van der Waals surface area contributed by atoms with Gasteiger partial charge in [-0.05, 0) is 61.2 Å². The first-order valence-electron chi connectivity index (χ1n) is 11.1. The van der Waals surface area contributed by atoms with Crippen LogP contribution in [0.4, 0.5) is 50.0 Å². The molecule has 0 aromatic heterocycles. The molecular formula is C24H22F9NO3. The molecule has 37 heavy (non-hydrogen) atoms. The monoisotopic (exact) mass is 543 g/mol. The van der Waals surface area contributed by atoms with Crippen LogP contribution < -0.4 is 4.90 Å². The molecule has 1 aliphatic rings. The Morgan fingerprint density at radius 3 is 1.89 bits per heavy atom. The Kier molecular flexibility index (Phi) is 7.79. The summed E-state index contributed by atoms with van der Waals surface area (Å²) in [5, 5.41) is 10.8. The first kappa shape index (κ1) is 28.6. The number of hydrogen-bond donors (Lipinski definition) is 1. The third kappa shape index (κ3) is 5.97. The number of anilines is 1. The van der Waals surface area contributed by atoms with Crippen molar-refractivity contribution in [2.75, 3.05) is 11.5 Å². The summed E-state index contributed by atoms with van der Waals surface area (Å²) in [5.41, 5.74) is -4.94. The molecule has 0 saturated carbocycles. The highest BCUT2D eigenvalue weighted by atomic mass is 19.4. The molecule has 0 radical (unpaired) electrons. The molecule has 2 aromatic rings. The van der Waals surface area contributed by atoms with Crippen LogP contribution >= 0.6 is 0 Å². The number of rotatable bonds is 5. The molecular weight excluding hydrogens is 521 g/mol. The number of benzene rings is 2. The van der Waals surface area contributed by atoms with Gasteiger partial charge in [-0.2, -0.15) is 39.5 Å². The third-order valence-electron chi connectivity index (χ3n) is 6.17. The van der Waals surface area contributed by atoms with Crippen LogP contribution in [0.2, 0.25) is 0 Å². The second-order valence-corrected chi connectivity index (χ2v) is 8.51. The van der Waals surface area contributed by atoms with E-state index in [0.717, 1.165) is 23.1 Å². The van der Waals surface area contributed by atoms with E-state index in [1.807, 2.05) is 0 Å². The van der Waals surface area contributed by atoms with Gasteiger partial charge in [0.1, 0.15) is 0 Å². The van der Waals surface area contributed by atoms with Gasteiger partial charge in [0.05, 0.1) is 35.1 Å². The maximum absolute atomic E-state index is 13.4. The van der Waals surface area contributed by atoms with Crippen molar-refractivity contribution in [3.05, 3.63) is 64.2 Å². The lowest BCUT2D eigenvalue weighted by molar-refractivity contribution is -0.143. The van der Waals surface area contributed by atoms with Crippen LogP contribution in [0.15, 0.2) is 36.4 Å². The predicted molar refractivity (Wildman–Crippen MR) is 114 cm³/mol. The van der Waals surface area contributed by atoms with E-state index in [2.05, 4.69) is 0 Å². The standard InChI is InChI=1S/C24H22F9NO3/c1-3-18-17(11-20(35)12-7-14(23(28,29)30)9-15(8-12)24(31,32)33)16-6-5-13(22(25,26)27)10-19(16)34(18)21(36)37-4-2/h5-10,17-18,20,35H,3-4,11H2,1-2H3/t17?,18-,20-/m1/s1. The highest BCUT2D eigenvalue weighted by Gasteiger charge is 2.44. The van der Waals surface area contributed by atoms with Gasteiger partial charge < -0.3 is 9.84 Å². The van der Waals surface area contributed by atoms with Crippen molar-refractivity contribution in [1.29, 1.82) is 0 Å². The molecule has 0 saturated heterocycles. The van der Waals surface area contributed by atoms with E-state index in [9.17, 15) is 49.4 Å². The summed E-state index contributed by atoms with van der Waals surface area (Å²) >= 11 is 0. The van der Waals surface area contributed by atoms with Gasteiger partial charge in [-0.3, -0.25) is 4.90 Å². The van der Waals surface area contributed by atoms with Gasteiger partial charge in [0, 0.05) is 12.0 Å². The van der Waals surface area contributed by atoms with E-state index in [1.54, 1.807) is 6.92 Å². The Bertz CT molecular complexity index is 1110. The van der Waals surface area contributed by atoms with E-state index < -0.39 is 71.4 Å². The Morgan fingerprint density at radius 2 is 1.43 bits per heavy atom. The van der Waals surface area contributed by atoms with Crippen LogP contribution in [0.5, 0.6) is 0 Å². The highest BCUT2D eigenvalue weighted by Crippen LogP contribution is 2.49. The average Bonchev–Trinajstić information content (AvgIpc) is 3.09. The molecule has 13 heteroatoms. The minimum atomic E-state index is -5.13. The summed E-state index contributed by atoms with van der Waals surface area (Å²) in [5.74, 6) is -0.912. The number of fused-ring (bicyclic) bond motifs is 1. The topological polar surface area (TPSA) is 49.8 Å². The molecule has 3 atom stereocenters. The smallest absolute Gasteiger partial charge is 0.416 e. The number of alkyl halides is 9. The molecule has 0 aliphatic carbocycles. The summed E-state index contributed by atoms with van der Waals surface area (Å²) in [6.45, 7) is 2.98. The fourth-order valence-corrected chi connectivity index (χ4v) is 4.53. The molecule has 1 heterocycles. The predicted octanol–water partition coefficient (Wildman–Crippen LogP) is 7.71. The van der Waals surface area contributed by atoms with Crippen LogP contribution in [-0.4, -0.2) is 23.8 Å². The van der Waals surface area contributed by atoms with Gasteiger partial charge in [0.25, 0.3) is 0 Å². The number of nitrogens with zero attached hydrogens (tertiary/aromatic N) is 1. The van der Waals surface area contributed by atoms with Gasteiger partial charge in [0.15, 0.2) is 0 Å². The van der Waals surface area contributed by atoms with Gasteiger partial charge in [-0.15, -0.1) is 0 Å². The molecule has 1 aliphatic heterocycles.